The highest BCUT2D eigenvalue weighted by Gasteiger charge is 2.21. The van der Waals surface area contributed by atoms with Crippen molar-refractivity contribution in [2.75, 3.05) is 0 Å². The highest BCUT2D eigenvalue weighted by atomic mass is 35.5. The van der Waals surface area contributed by atoms with Gasteiger partial charge in [0.2, 0.25) is 0 Å². The van der Waals surface area contributed by atoms with Crippen LogP contribution in [0.5, 0.6) is 0 Å². The Labute approximate surface area is 122 Å². The van der Waals surface area contributed by atoms with Crippen LogP contribution in [0.1, 0.15) is 36.1 Å². The van der Waals surface area contributed by atoms with Gasteiger partial charge in [0.15, 0.2) is 5.78 Å². The van der Waals surface area contributed by atoms with Gasteiger partial charge in [-0.2, -0.15) is 0 Å². The minimum Gasteiger partial charge on any atom is -0.324 e. The molecule has 2 rings (SSSR count). The third-order valence-electron chi connectivity index (χ3n) is 3.06. The van der Waals surface area contributed by atoms with Gasteiger partial charge < -0.3 is 4.57 Å². The van der Waals surface area contributed by atoms with Crippen LogP contribution in [0, 0.1) is 0 Å². The molecule has 1 aromatic carbocycles. The summed E-state index contributed by atoms with van der Waals surface area (Å²) in [5.74, 6) is 0.834. The molecule has 0 saturated carbocycles. The Kier molecular flexibility index (Phi) is 4.27. The molecule has 5 heteroatoms. The van der Waals surface area contributed by atoms with Gasteiger partial charge in [0.1, 0.15) is 5.82 Å². The number of Topliss-reactive ketones (excluding diaryl/α,β-unsaturated/α-hetero) is 1. The molecule has 3 nitrogen and oxygen atoms in total. The van der Waals surface area contributed by atoms with E-state index in [0.717, 1.165) is 12.2 Å². The second kappa shape index (κ2) is 5.76. The van der Waals surface area contributed by atoms with E-state index in [2.05, 4.69) is 4.98 Å². The number of ketones is 1. The van der Waals surface area contributed by atoms with Crippen molar-refractivity contribution >= 4 is 29.0 Å². The minimum atomic E-state index is -0.337. The third-order valence-corrected chi connectivity index (χ3v) is 3.61. The first-order valence-electron chi connectivity index (χ1n) is 6.05. The number of aryl methyl sites for hydroxylation is 1. The van der Waals surface area contributed by atoms with Crippen LogP contribution in [0.3, 0.4) is 0 Å². The summed E-state index contributed by atoms with van der Waals surface area (Å²) < 4.78 is 1.87. The van der Waals surface area contributed by atoms with Gasteiger partial charge >= 0.3 is 0 Å². The van der Waals surface area contributed by atoms with E-state index in [-0.39, 0.29) is 11.8 Å². The van der Waals surface area contributed by atoms with Crippen LogP contribution in [0.2, 0.25) is 10.0 Å². The molecule has 0 N–H and O–H groups in total. The largest absolute Gasteiger partial charge is 0.324 e. The first-order chi connectivity index (χ1) is 9.04. The fourth-order valence-electron chi connectivity index (χ4n) is 2.01. The smallest absolute Gasteiger partial charge is 0.186 e. The van der Waals surface area contributed by atoms with Crippen LogP contribution in [-0.2, 0) is 6.42 Å². The molecular formula is C14H14Cl2N2O. The van der Waals surface area contributed by atoms with E-state index in [1.165, 1.54) is 0 Å². The fraction of sp³-hybridized carbons (Fsp3) is 0.286. The summed E-state index contributed by atoms with van der Waals surface area (Å²) in [7, 11) is 0. The van der Waals surface area contributed by atoms with E-state index in [9.17, 15) is 4.79 Å². The number of aromatic nitrogens is 2. The zero-order chi connectivity index (χ0) is 14.0. The van der Waals surface area contributed by atoms with Crippen molar-refractivity contribution in [1.29, 1.82) is 0 Å². The molecule has 1 aromatic heterocycles. The second-order valence-electron chi connectivity index (χ2n) is 4.27. The molecule has 0 bridgehead atoms. The van der Waals surface area contributed by atoms with Crippen LogP contribution in [-0.4, -0.2) is 15.3 Å². The van der Waals surface area contributed by atoms with Crippen molar-refractivity contribution < 1.29 is 4.79 Å². The fourth-order valence-corrected chi connectivity index (χ4v) is 2.51. The molecule has 0 aliphatic rings. The number of imidazole rings is 1. The van der Waals surface area contributed by atoms with Crippen LogP contribution in [0.15, 0.2) is 30.6 Å². The number of rotatable bonds is 4. The molecule has 100 valence electrons. The maximum atomic E-state index is 12.5. The summed E-state index contributed by atoms with van der Waals surface area (Å²) in [4.78, 5) is 16.7. The first-order valence-corrected chi connectivity index (χ1v) is 6.81. The Bertz CT molecular complexity index is 607. The minimum absolute atomic E-state index is 0.0469. The van der Waals surface area contributed by atoms with Gasteiger partial charge in [-0.25, -0.2) is 4.98 Å². The maximum Gasteiger partial charge on any atom is 0.186 e. The molecule has 0 saturated heterocycles. The number of halogens is 2. The lowest BCUT2D eigenvalue weighted by Gasteiger charge is -2.15. The zero-order valence-corrected chi connectivity index (χ0v) is 12.2. The van der Waals surface area contributed by atoms with E-state index in [1.54, 1.807) is 24.4 Å². The van der Waals surface area contributed by atoms with Crippen molar-refractivity contribution in [1.82, 2.24) is 9.55 Å². The molecule has 2 aromatic rings. The monoisotopic (exact) mass is 296 g/mol. The summed E-state index contributed by atoms with van der Waals surface area (Å²) in [6.45, 7) is 3.85. The molecule has 0 amide bonds. The Morgan fingerprint density at radius 1 is 1.42 bits per heavy atom. The lowest BCUT2D eigenvalue weighted by atomic mass is 10.1. The van der Waals surface area contributed by atoms with Crippen molar-refractivity contribution in [2.24, 2.45) is 0 Å². The average molecular weight is 297 g/mol. The summed E-state index contributed by atoms with van der Waals surface area (Å²) in [5.41, 5.74) is 0.481. The molecule has 1 atom stereocenters. The summed E-state index contributed by atoms with van der Waals surface area (Å²) in [6, 6.07) is 4.57. The number of benzene rings is 1. The normalized spacial score (nSPS) is 12.4. The molecule has 0 aliphatic carbocycles. The topological polar surface area (TPSA) is 34.9 Å². The molecule has 19 heavy (non-hydrogen) atoms. The Morgan fingerprint density at radius 2 is 2.16 bits per heavy atom. The highest BCUT2D eigenvalue weighted by Crippen LogP contribution is 2.25. The number of hydrogen-bond donors (Lipinski definition) is 0. The molecule has 0 aliphatic heterocycles. The van der Waals surface area contributed by atoms with Gasteiger partial charge in [0, 0.05) is 29.4 Å². The Hall–Kier alpha value is -1.32. The van der Waals surface area contributed by atoms with Crippen LogP contribution >= 0.6 is 23.2 Å². The molecule has 0 spiro atoms. The van der Waals surface area contributed by atoms with Gasteiger partial charge in [0.05, 0.1) is 11.1 Å². The molecule has 0 fully saturated rings. The highest BCUT2D eigenvalue weighted by molar-refractivity contribution is 6.36. The van der Waals surface area contributed by atoms with E-state index in [0.29, 0.717) is 15.6 Å². The van der Waals surface area contributed by atoms with Crippen molar-refractivity contribution in [3.8, 4) is 0 Å². The number of carbonyl (C=O) groups is 1. The van der Waals surface area contributed by atoms with E-state index >= 15 is 0 Å². The first kappa shape index (κ1) is 14.1. The Balaban J connectivity index is 2.33. The van der Waals surface area contributed by atoms with Crippen molar-refractivity contribution in [2.45, 2.75) is 26.3 Å². The Morgan fingerprint density at radius 3 is 2.79 bits per heavy atom. The van der Waals surface area contributed by atoms with Crippen LogP contribution in [0.25, 0.3) is 0 Å². The maximum absolute atomic E-state index is 12.5. The van der Waals surface area contributed by atoms with Gasteiger partial charge in [-0.1, -0.05) is 30.1 Å². The number of carbonyl (C=O) groups excluding carboxylic acids is 1. The quantitative estimate of drug-likeness (QED) is 0.793. The molecule has 0 radical (unpaired) electrons. The summed E-state index contributed by atoms with van der Waals surface area (Å²) >= 11 is 11.9. The third kappa shape index (κ3) is 2.82. The van der Waals surface area contributed by atoms with Gasteiger partial charge in [-0.3, -0.25) is 4.79 Å². The lowest BCUT2D eigenvalue weighted by Crippen LogP contribution is -2.18. The average Bonchev–Trinajstić information content (AvgIpc) is 2.85. The van der Waals surface area contributed by atoms with Gasteiger partial charge in [0.25, 0.3) is 0 Å². The number of hydrogen-bond acceptors (Lipinski definition) is 2. The van der Waals surface area contributed by atoms with Crippen LogP contribution < -0.4 is 0 Å². The van der Waals surface area contributed by atoms with E-state index < -0.39 is 0 Å². The number of nitrogens with zero attached hydrogens (tertiary/aromatic N) is 2. The van der Waals surface area contributed by atoms with Crippen LogP contribution in [0.4, 0.5) is 0 Å². The predicted octanol–water partition coefficient (Wildman–Crippen LogP) is 4.20. The van der Waals surface area contributed by atoms with Crippen molar-refractivity contribution in [3.05, 3.63) is 52.0 Å². The van der Waals surface area contributed by atoms with E-state index in [1.807, 2.05) is 24.6 Å². The second-order valence-corrected chi connectivity index (χ2v) is 5.11. The standard InChI is InChI=1S/C14H14Cl2N2O/c1-3-13-17-6-7-18(13)9(2)14(19)11-5-4-10(15)8-12(11)16/h4-9H,3H2,1-2H3. The van der Waals surface area contributed by atoms with Gasteiger partial charge in [-0.15, -0.1) is 0 Å². The molecular weight excluding hydrogens is 283 g/mol. The predicted molar refractivity (Wildman–Crippen MR) is 77.1 cm³/mol. The van der Waals surface area contributed by atoms with Gasteiger partial charge in [-0.05, 0) is 25.1 Å². The molecule has 1 heterocycles. The SMILES string of the molecule is CCc1nccn1C(C)C(=O)c1ccc(Cl)cc1Cl. The summed E-state index contributed by atoms with van der Waals surface area (Å²) in [5, 5.41) is 0.897. The van der Waals surface area contributed by atoms with Crippen molar-refractivity contribution in [3.63, 3.8) is 0 Å². The molecule has 1 unspecified atom stereocenters. The zero-order valence-electron chi connectivity index (χ0n) is 10.7. The summed E-state index contributed by atoms with van der Waals surface area (Å²) in [6.07, 6.45) is 4.29. The van der Waals surface area contributed by atoms with E-state index in [4.69, 9.17) is 23.2 Å². The lowest BCUT2D eigenvalue weighted by molar-refractivity contribution is 0.0933.